The number of benzene rings is 2. The maximum atomic E-state index is 13.0. The predicted octanol–water partition coefficient (Wildman–Crippen LogP) is 1.73. The van der Waals surface area contributed by atoms with Crippen LogP contribution in [-0.2, 0) is 15.2 Å². The van der Waals surface area contributed by atoms with Gasteiger partial charge in [0.15, 0.2) is 5.78 Å². The molecule has 7 nitrogen and oxygen atoms in total. The minimum atomic E-state index is -1.81. The van der Waals surface area contributed by atoms with Crippen LogP contribution in [0.25, 0.3) is 0 Å². The number of fused-ring (bicyclic) bond motifs is 2. The van der Waals surface area contributed by atoms with Crippen LogP contribution < -0.4 is 11.5 Å². The number of thioether (sulfide) groups is 1. The third kappa shape index (κ3) is 3.01. The van der Waals surface area contributed by atoms with E-state index in [2.05, 4.69) is 0 Å². The van der Waals surface area contributed by atoms with Crippen LogP contribution in [0.15, 0.2) is 42.5 Å². The summed E-state index contributed by atoms with van der Waals surface area (Å²) in [6.07, 6.45) is 1.72. The van der Waals surface area contributed by atoms with Gasteiger partial charge in [-0.2, -0.15) is 0 Å². The number of ketones is 1. The number of carboxylic acid groups (broad SMARTS) is 2. The fraction of sp³-hybridized carbons (Fsp3) is 0.211. The van der Waals surface area contributed by atoms with Crippen LogP contribution in [0.1, 0.15) is 43.8 Å². The van der Waals surface area contributed by atoms with E-state index in [0.29, 0.717) is 5.56 Å². The third-order valence-corrected chi connectivity index (χ3v) is 6.02. The average molecular weight is 386 g/mol. The van der Waals surface area contributed by atoms with Crippen LogP contribution in [-0.4, -0.2) is 34.2 Å². The van der Waals surface area contributed by atoms with E-state index in [-0.39, 0.29) is 28.7 Å². The second kappa shape index (κ2) is 6.49. The van der Waals surface area contributed by atoms with Crippen molar-refractivity contribution < 1.29 is 24.6 Å². The van der Waals surface area contributed by atoms with Crippen LogP contribution in [0.4, 0.5) is 0 Å². The zero-order chi connectivity index (χ0) is 20.0. The highest BCUT2D eigenvalue weighted by Crippen LogP contribution is 2.46. The minimum absolute atomic E-state index is 0.0508. The van der Waals surface area contributed by atoms with Gasteiger partial charge in [-0.25, -0.2) is 9.59 Å². The summed E-state index contributed by atoms with van der Waals surface area (Å²) in [4.78, 5) is 34.9. The van der Waals surface area contributed by atoms with Gasteiger partial charge in [0.2, 0.25) is 0 Å². The first-order valence-corrected chi connectivity index (χ1v) is 9.24. The number of aliphatic carboxylic acids is 1. The van der Waals surface area contributed by atoms with Crippen LogP contribution in [0.2, 0.25) is 0 Å². The van der Waals surface area contributed by atoms with Gasteiger partial charge in [-0.1, -0.05) is 24.3 Å². The maximum Gasteiger partial charge on any atom is 0.335 e. The van der Waals surface area contributed by atoms with Gasteiger partial charge in [0.25, 0.3) is 0 Å². The molecule has 0 saturated heterocycles. The van der Waals surface area contributed by atoms with Gasteiger partial charge in [-0.15, -0.1) is 11.8 Å². The van der Waals surface area contributed by atoms with Gasteiger partial charge in [-0.05, 0) is 35.6 Å². The molecule has 1 aliphatic carbocycles. The Labute approximate surface area is 159 Å². The number of carbonyl (C=O) groups excluding carboxylic acids is 1. The molecule has 2 bridgehead atoms. The molecule has 0 aromatic heterocycles. The molecule has 0 saturated carbocycles. The lowest BCUT2D eigenvalue weighted by atomic mass is 9.73. The topological polar surface area (TPSA) is 144 Å². The third-order valence-electron chi connectivity index (χ3n) is 4.91. The highest BCUT2D eigenvalue weighted by molar-refractivity contribution is 7.99. The lowest BCUT2D eigenvalue weighted by Crippen LogP contribution is -2.55. The number of hydrogen-bond donors (Lipinski definition) is 4. The summed E-state index contributed by atoms with van der Waals surface area (Å²) < 4.78 is 0. The molecule has 0 aliphatic heterocycles. The van der Waals surface area contributed by atoms with E-state index < -0.39 is 28.1 Å². The van der Waals surface area contributed by atoms with Gasteiger partial charge in [0, 0.05) is 17.5 Å². The fourth-order valence-corrected chi connectivity index (χ4v) is 4.02. The van der Waals surface area contributed by atoms with E-state index in [1.165, 1.54) is 42.1 Å². The van der Waals surface area contributed by atoms with Gasteiger partial charge in [-0.3, -0.25) is 4.79 Å². The molecule has 0 amide bonds. The molecule has 3 rings (SSSR count). The van der Waals surface area contributed by atoms with E-state index in [1.54, 1.807) is 18.4 Å². The summed E-state index contributed by atoms with van der Waals surface area (Å²) in [5.74, 6) is -2.80. The number of nitrogens with two attached hydrogens (primary N) is 2. The van der Waals surface area contributed by atoms with E-state index in [0.717, 1.165) is 0 Å². The maximum absolute atomic E-state index is 13.0. The Balaban J connectivity index is 2.12. The second-order valence-electron chi connectivity index (χ2n) is 6.52. The molecule has 6 N–H and O–H groups in total. The van der Waals surface area contributed by atoms with Crippen molar-refractivity contribution in [1.29, 1.82) is 0 Å². The van der Waals surface area contributed by atoms with Crippen molar-refractivity contribution in [2.24, 2.45) is 11.5 Å². The smallest absolute Gasteiger partial charge is 0.335 e. The Kier molecular flexibility index (Phi) is 4.59. The standard InChI is InChI=1S/C19H18N2O5S/c1-27-19(21)9-18(20,17(25)26)14-8-12(19)6-7-13(14)15(22)10-2-4-11(5-3-10)16(23)24/h2-8H,9,20-21H2,1H3,(H,23,24)(H,25,26). The number of carbonyl (C=O) groups is 3. The Morgan fingerprint density at radius 2 is 1.59 bits per heavy atom. The summed E-state index contributed by atoms with van der Waals surface area (Å²) in [6, 6.07) is 10.2. The molecule has 1 aliphatic rings. The van der Waals surface area contributed by atoms with Crippen molar-refractivity contribution in [1.82, 2.24) is 0 Å². The fourth-order valence-electron chi connectivity index (χ4n) is 3.29. The van der Waals surface area contributed by atoms with Gasteiger partial charge in [0.05, 0.1) is 10.4 Å². The SMILES string of the molecule is CSC1(N)CC(N)(C(=O)O)c2cc1ccc2C(=O)c1ccc(C(=O)O)cc1. The Morgan fingerprint density at radius 3 is 2.11 bits per heavy atom. The van der Waals surface area contributed by atoms with Gasteiger partial charge >= 0.3 is 11.9 Å². The molecule has 27 heavy (non-hydrogen) atoms. The number of rotatable bonds is 5. The highest BCUT2D eigenvalue weighted by Gasteiger charge is 2.49. The van der Waals surface area contributed by atoms with Crippen molar-refractivity contribution in [3.05, 3.63) is 70.3 Å². The van der Waals surface area contributed by atoms with E-state index in [9.17, 15) is 19.5 Å². The van der Waals surface area contributed by atoms with Gasteiger partial charge < -0.3 is 21.7 Å². The molecule has 8 heteroatoms. The molecule has 2 atom stereocenters. The molecule has 0 fully saturated rings. The van der Waals surface area contributed by atoms with Crippen molar-refractivity contribution in [2.75, 3.05) is 6.26 Å². The zero-order valence-electron chi connectivity index (χ0n) is 14.4. The van der Waals surface area contributed by atoms with Crippen LogP contribution in [0, 0.1) is 0 Å². The van der Waals surface area contributed by atoms with E-state index in [1.807, 2.05) is 0 Å². The Hall–Kier alpha value is -2.68. The monoisotopic (exact) mass is 386 g/mol. The predicted molar refractivity (Wildman–Crippen MR) is 101 cm³/mol. The number of carboxylic acids is 2. The first-order chi connectivity index (χ1) is 12.6. The quantitative estimate of drug-likeness (QED) is 0.449. The molecule has 2 unspecified atom stereocenters. The summed E-state index contributed by atoms with van der Waals surface area (Å²) in [5, 5.41) is 18.7. The Bertz CT molecular complexity index is 959. The van der Waals surface area contributed by atoms with Crippen molar-refractivity contribution in [3.8, 4) is 0 Å². The molecule has 0 spiro atoms. The van der Waals surface area contributed by atoms with Gasteiger partial charge in [0.1, 0.15) is 5.54 Å². The first kappa shape index (κ1) is 19.1. The molecular formula is C19H18N2O5S. The van der Waals surface area contributed by atoms with Crippen molar-refractivity contribution >= 4 is 29.5 Å². The van der Waals surface area contributed by atoms with Crippen LogP contribution in [0.5, 0.6) is 0 Å². The molecule has 140 valence electrons. The highest BCUT2D eigenvalue weighted by atomic mass is 32.2. The lowest BCUT2D eigenvalue weighted by molar-refractivity contribution is -0.144. The van der Waals surface area contributed by atoms with E-state index >= 15 is 0 Å². The summed E-state index contributed by atoms with van der Waals surface area (Å²) in [6.45, 7) is 0. The molecule has 0 heterocycles. The summed E-state index contributed by atoms with van der Waals surface area (Å²) >= 11 is 1.30. The molecule has 2 aromatic rings. The molecule has 2 aromatic carbocycles. The zero-order valence-corrected chi connectivity index (χ0v) is 15.2. The lowest BCUT2D eigenvalue weighted by Gasteiger charge is -2.41. The first-order valence-electron chi connectivity index (χ1n) is 8.02. The van der Waals surface area contributed by atoms with Crippen LogP contribution >= 0.6 is 11.8 Å². The summed E-state index contributed by atoms with van der Waals surface area (Å²) in [7, 11) is 0. The van der Waals surface area contributed by atoms with Crippen molar-refractivity contribution in [2.45, 2.75) is 16.8 Å². The number of aromatic carboxylic acids is 1. The van der Waals surface area contributed by atoms with E-state index in [4.69, 9.17) is 16.6 Å². The van der Waals surface area contributed by atoms with Crippen molar-refractivity contribution in [3.63, 3.8) is 0 Å². The largest absolute Gasteiger partial charge is 0.480 e. The normalized spacial score (nSPS) is 23.7. The minimum Gasteiger partial charge on any atom is -0.480 e. The molecular weight excluding hydrogens is 368 g/mol. The second-order valence-corrected chi connectivity index (χ2v) is 7.66. The Morgan fingerprint density at radius 1 is 1.00 bits per heavy atom. The summed E-state index contributed by atoms with van der Waals surface area (Å²) in [5.41, 5.74) is 12.1. The molecule has 0 radical (unpaired) electrons. The number of hydrogen-bond acceptors (Lipinski definition) is 6. The van der Waals surface area contributed by atoms with Crippen LogP contribution in [0.3, 0.4) is 0 Å². The average Bonchev–Trinajstić information content (AvgIpc) is 2.65.